The van der Waals surface area contributed by atoms with Crippen LogP contribution in [0, 0.1) is 16.7 Å². The van der Waals surface area contributed by atoms with Crippen molar-refractivity contribution in [3.05, 3.63) is 34.1 Å². The summed E-state index contributed by atoms with van der Waals surface area (Å²) >= 11 is 1.52. The Morgan fingerprint density at radius 3 is 2.40 bits per heavy atom. The van der Waals surface area contributed by atoms with Gasteiger partial charge < -0.3 is 0 Å². The van der Waals surface area contributed by atoms with Gasteiger partial charge in [-0.05, 0) is 5.41 Å². The molecule has 7 heteroatoms. The molecule has 0 atom stereocenters. The molecule has 0 saturated heterocycles. The van der Waals surface area contributed by atoms with Crippen LogP contribution in [0.25, 0.3) is 11.3 Å². The molecule has 0 unspecified atom stereocenters. The van der Waals surface area contributed by atoms with E-state index >= 15 is 0 Å². The minimum absolute atomic E-state index is 0.00633. The maximum absolute atomic E-state index is 12.5. The Morgan fingerprint density at radius 2 is 1.84 bits per heavy atom. The second-order valence-corrected chi connectivity index (χ2v) is 8.77. The summed E-state index contributed by atoms with van der Waals surface area (Å²) in [5, 5.41) is 10.1. The number of nitrogens with zero attached hydrogens (tertiary/aromatic N) is 5. The predicted octanol–water partition coefficient (Wildman–Crippen LogP) is 3.00. The van der Waals surface area contributed by atoms with Gasteiger partial charge in [0.05, 0.1) is 5.69 Å². The molecule has 1 aliphatic rings. The Hall–Kier alpha value is -2.20. The van der Waals surface area contributed by atoms with Crippen molar-refractivity contribution in [1.82, 2.24) is 19.5 Å². The van der Waals surface area contributed by atoms with Crippen LogP contribution in [0.1, 0.15) is 46.0 Å². The van der Waals surface area contributed by atoms with Crippen LogP contribution in [0.5, 0.6) is 0 Å². The smallest absolute Gasteiger partial charge is 0.272 e. The summed E-state index contributed by atoms with van der Waals surface area (Å²) in [6.45, 7) is 11.3. The second kappa shape index (κ2) is 5.95. The summed E-state index contributed by atoms with van der Waals surface area (Å²) in [5.74, 6) is 1.53. The first-order valence-corrected chi connectivity index (χ1v) is 9.16. The maximum atomic E-state index is 12.5. The zero-order valence-electron chi connectivity index (χ0n) is 15.1. The molecule has 0 N–H and O–H groups in total. The van der Waals surface area contributed by atoms with E-state index in [1.54, 1.807) is 17.0 Å². The topological polar surface area (TPSA) is 84.5 Å². The predicted molar refractivity (Wildman–Crippen MR) is 97.4 cm³/mol. The molecule has 0 radical (unpaired) electrons. The fraction of sp³-hybridized carbons (Fsp3) is 0.500. The molecule has 3 rings (SSSR count). The zero-order valence-corrected chi connectivity index (χ0v) is 15.9. The highest BCUT2D eigenvalue weighted by atomic mass is 32.2. The third-order valence-corrected chi connectivity index (χ3v) is 6.11. The molecule has 0 amide bonds. The zero-order chi connectivity index (χ0) is 18.4. The average Bonchev–Trinajstić information content (AvgIpc) is 3.02. The van der Waals surface area contributed by atoms with E-state index in [0.29, 0.717) is 23.0 Å². The van der Waals surface area contributed by atoms with Crippen molar-refractivity contribution in [3.63, 3.8) is 0 Å². The lowest BCUT2D eigenvalue weighted by atomic mass is 9.69. The third-order valence-electron chi connectivity index (χ3n) is 5.15. The average molecular weight is 355 g/mol. The van der Waals surface area contributed by atoms with E-state index in [1.165, 1.54) is 11.8 Å². The summed E-state index contributed by atoms with van der Waals surface area (Å²) in [6.07, 6.45) is 3.32. The van der Waals surface area contributed by atoms with Gasteiger partial charge in [0.15, 0.2) is 5.16 Å². The first-order valence-electron chi connectivity index (χ1n) is 8.17. The van der Waals surface area contributed by atoms with Gasteiger partial charge in [0.1, 0.15) is 17.5 Å². The van der Waals surface area contributed by atoms with Crippen molar-refractivity contribution in [3.8, 4) is 17.3 Å². The molecule has 6 nitrogen and oxygen atoms in total. The standard InChI is InChI=1S/C18H21N5OS/c1-17(2,3)18(4,5)15-20-9-11(10-21-15)13-12(8-19)14(24)23-6-7-25-16(23)22-13/h9-10H,6-7H2,1-5H3. The summed E-state index contributed by atoms with van der Waals surface area (Å²) in [4.78, 5) is 26.0. The molecule has 0 fully saturated rings. The van der Waals surface area contributed by atoms with Gasteiger partial charge in [0.25, 0.3) is 5.56 Å². The van der Waals surface area contributed by atoms with E-state index in [2.05, 4.69) is 49.6 Å². The lowest BCUT2D eigenvalue weighted by molar-refractivity contribution is 0.213. The molecule has 2 aromatic rings. The van der Waals surface area contributed by atoms with Crippen LogP contribution in [0.15, 0.2) is 22.3 Å². The molecule has 0 aliphatic carbocycles. The molecular formula is C18H21N5OS. The van der Waals surface area contributed by atoms with Crippen molar-refractivity contribution in [2.45, 2.75) is 51.7 Å². The van der Waals surface area contributed by atoms with Crippen LogP contribution < -0.4 is 5.56 Å². The lowest BCUT2D eigenvalue weighted by Crippen LogP contribution is -2.35. The van der Waals surface area contributed by atoms with Crippen molar-refractivity contribution in [1.29, 1.82) is 5.26 Å². The molecule has 0 aromatic carbocycles. The molecule has 3 heterocycles. The van der Waals surface area contributed by atoms with Gasteiger partial charge in [-0.25, -0.2) is 15.0 Å². The van der Waals surface area contributed by atoms with E-state index in [9.17, 15) is 10.1 Å². The number of rotatable bonds is 2. The summed E-state index contributed by atoms with van der Waals surface area (Å²) in [7, 11) is 0. The Morgan fingerprint density at radius 1 is 1.20 bits per heavy atom. The van der Waals surface area contributed by atoms with Crippen LogP contribution >= 0.6 is 11.8 Å². The van der Waals surface area contributed by atoms with E-state index in [4.69, 9.17) is 0 Å². The largest absolute Gasteiger partial charge is 0.286 e. The third kappa shape index (κ3) is 2.85. The van der Waals surface area contributed by atoms with E-state index in [0.717, 1.165) is 11.6 Å². The van der Waals surface area contributed by atoms with Crippen molar-refractivity contribution in [2.75, 3.05) is 5.75 Å². The van der Waals surface area contributed by atoms with Gasteiger partial charge in [-0.2, -0.15) is 5.26 Å². The van der Waals surface area contributed by atoms with Gasteiger partial charge in [0, 0.05) is 35.7 Å². The number of nitriles is 1. The van der Waals surface area contributed by atoms with Gasteiger partial charge in [-0.1, -0.05) is 46.4 Å². The normalized spacial score (nSPS) is 14.2. The number of aromatic nitrogens is 4. The Kier molecular flexibility index (Phi) is 4.20. The Labute approximate surface area is 151 Å². The number of thioether (sulfide) groups is 1. The molecule has 2 aromatic heterocycles. The molecule has 0 saturated carbocycles. The minimum Gasteiger partial charge on any atom is -0.286 e. The summed E-state index contributed by atoms with van der Waals surface area (Å²) in [6, 6.07) is 2.00. The Bertz CT molecular complexity index is 917. The minimum atomic E-state index is -0.286. The maximum Gasteiger partial charge on any atom is 0.272 e. The molecular weight excluding hydrogens is 334 g/mol. The first kappa shape index (κ1) is 17.6. The van der Waals surface area contributed by atoms with Crippen LogP contribution in [0.4, 0.5) is 0 Å². The van der Waals surface area contributed by atoms with Crippen LogP contribution in [-0.4, -0.2) is 25.3 Å². The van der Waals surface area contributed by atoms with Crippen LogP contribution in [0.3, 0.4) is 0 Å². The first-order chi connectivity index (χ1) is 11.7. The van der Waals surface area contributed by atoms with Gasteiger partial charge in [-0.3, -0.25) is 9.36 Å². The fourth-order valence-electron chi connectivity index (χ4n) is 2.49. The van der Waals surface area contributed by atoms with Crippen LogP contribution in [-0.2, 0) is 12.0 Å². The monoisotopic (exact) mass is 355 g/mol. The second-order valence-electron chi connectivity index (χ2n) is 7.71. The van der Waals surface area contributed by atoms with Crippen molar-refractivity contribution >= 4 is 11.8 Å². The molecule has 1 aliphatic heterocycles. The van der Waals surface area contributed by atoms with Gasteiger partial charge >= 0.3 is 0 Å². The lowest BCUT2D eigenvalue weighted by Gasteiger charge is -2.37. The number of fused-ring (bicyclic) bond motifs is 1. The SMILES string of the molecule is CC(C)(C)C(C)(C)c1ncc(-c2nc3n(c(=O)c2C#N)CCS3)cn1. The van der Waals surface area contributed by atoms with Crippen molar-refractivity contribution < 1.29 is 0 Å². The van der Waals surface area contributed by atoms with Gasteiger partial charge in [-0.15, -0.1) is 0 Å². The molecule has 0 spiro atoms. The quantitative estimate of drug-likeness (QED) is 0.770. The van der Waals surface area contributed by atoms with E-state index in [1.807, 2.05) is 6.07 Å². The molecule has 0 bridgehead atoms. The highest BCUT2D eigenvalue weighted by molar-refractivity contribution is 7.99. The van der Waals surface area contributed by atoms with E-state index in [-0.39, 0.29) is 22.0 Å². The summed E-state index contributed by atoms with van der Waals surface area (Å²) in [5.41, 5.74) is 0.508. The van der Waals surface area contributed by atoms with E-state index < -0.39 is 0 Å². The van der Waals surface area contributed by atoms with Crippen LogP contribution in [0.2, 0.25) is 0 Å². The Balaban J connectivity index is 2.09. The molecule has 130 valence electrons. The molecule has 25 heavy (non-hydrogen) atoms. The highest BCUT2D eigenvalue weighted by Gasteiger charge is 2.37. The number of hydrogen-bond acceptors (Lipinski definition) is 6. The fourth-order valence-corrected chi connectivity index (χ4v) is 3.43. The summed E-state index contributed by atoms with van der Waals surface area (Å²) < 4.78 is 1.56. The van der Waals surface area contributed by atoms with Gasteiger partial charge in [0.2, 0.25) is 0 Å². The highest BCUT2D eigenvalue weighted by Crippen LogP contribution is 2.39. The number of hydrogen-bond donors (Lipinski definition) is 0. The van der Waals surface area contributed by atoms with Crippen molar-refractivity contribution in [2.24, 2.45) is 5.41 Å².